The number of rotatable bonds is 6. The quantitative estimate of drug-likeness (QED) is 0.558. The molecule has 1 aromatic carbocycles. The average Bonchev–Trinajstić information content (AvgIpc) is 3.38. The summed E-state index contributed by atoms with van der Waals surface area (Å²) in [6.45, 7) is -3.03. The summed E-state index contributed by atoms with van der Waals surface area (Å²) in [5, 5.41) is 4.09. The van der Waals surface area contributed by atoms with E-state index in [1.165, 1.54) is 18.2 Å². The lowest BCUT2D eigenvalue weighted by molar-refractivity contribution is -0.0528. The van der Waals surface area contributed by atoms with Crippen molar-refractivity contribution < 1.29 is 49.4 Å². The van der Waals surface area contributed by atoms with E-state index in [0.717, 1.165) is 0 Å². The summed E-state index contributed by atoms with van der Waals surface area (Å²) in [6, 6.07) is 4.27. The number of oxime groups is 1. The molecule has 184 valence electrons. The van der Waals surface area contributed by atoms with Crippen LogP contribution in [0.2, 0.25) is 0 Å². The molecule has 3 aliphatic heterocycles. The molecule has 0 radical (unpaired) electrons. The van der Waals surface area contributed by atoms with E-state index in [1.54, 1.807) is 0 Å². The molecule has 1 aromatic rings. The van der Waals surface area contributed by atoms with E-state index in [9.17, 15) is 30.4 Å². The lowest BCUT2D eigenvalue weighted by Gasteiger charge is -2.32. The van der Waals surface area contributed by atoms with E-state index in [1.807, 2.05) is 0 Å². The van der Waals surface area contributed by atoms with Crippen LogP contribution in [-0.4, -0.2) is 68.6 Å². The van der Waals surface area contributed by atoms with Gasteiger partial charge < -0.3 is 19.0 Å². The van der Waals surface area contributed by atoms with Gasteiger partial charge in [-0.3, -0.25) is 0 Å². The number of hydrogen-bond donors (Lipinski definition) is 0. The van der Waals surface area contributed by atoms with Gasteiger partial charge in [0.2, 0.25) is 0 Å². The van der Waals surface area contributed by atoms with E-state index < -0.39 is 46.9 Å². The molecule has 0 amide bonds. The van der Waals surface area contributed by atoms with Gasteiger partial charge in [-0.05, 0) is 31.0 Å². The molecular formula is C19H21F5N2O6S. The third-order valence-corrected chi connectivity index (χ3v) is 7.36. The molecule has 1 spiro atoms. The average molecular weight is 500 g/mol. The van der Waals surface area contributed by atoms with Crippen LogP contribution < -0.4 is 9.47 Å². The molecule has 0 N–H and O–H groups in total. The van der Waals surface area contributed by atoms with E-state index in [4.69, 9.17) is 14.3 Å². The second kappa shape index (κ2) is 8.87. The van der Waals surface area contributed by atoms with Crippen molar-refractivity contribution in [3.8, 4) is 11.5 Å². The monoisotopic (exact) mass is 500 g/mol. The standard InChI is InChI=1S/C19H21F5N2O6S/c20-17(21)31-15-2-1-12(14-10-18(32-25-14)5-8-29-11-18)9-16(15)30-13-3-6-26(7-4-13)33(27,28)19(22,23)24/h1-2,9,13,17H,3-8,10-11H2. The van der Waals surface area contributed by atoms with Crippen molar-refractivity contribution in [3.63, 3.8) is 0 Å². The van der Waals surface area contributed by atoms with Crippen molar-refractivity contribution in [1.29, 1.82) is 0 Å². The van der Waals surface area contributed by atoms with Gasteiger partial charge in [0.05, 0.1) is 18.9 Å². The zero-order chi connectivity index (χ0) is 23.9. The first kappa shape index (κ1) is 24.0. The zero-order valence-electron chi connectivity index (χ0n) is 17.2. The van der Waals surface area contributed by atoms with Gasteiger partial charge in [0.15, 0.2) is 17.1 Å². The number of hydrogen-bond acceptors (Lipinski definition) is 7. The fourth-order valence-electron chi connectivity index (χ4n) is 3.97. The topological polar surface area (TPSA) is 86.7 Å². The molecule has 2 saturated heterocycles. The molecule has 1 unspecified atom stereocenters. The maximum Gasteiger partial charge on any atom is 0.511 e. The minimum atomic E-state index is -5.43. The number of halogens is 5. The first-order chi connectivity index (χ1) is 15.5. The molecule has 2 fully saturated rings. The van der Waals surface area contributed by atoms with Gasteiger partial charge in [-0.1, -0.05) is 5.16 Å². The highest BCUT2D eigenvalue weighted by Crippen LogP contribution is 2.38. The highest BCUT2D eigenvalue weighted by atomic mass is 32.2. The van der Waals surface area contributed by atoms with Crippen LogP contribution in [0.25, 0.3) is 0 Å². The second-order valence-electron chi connectivity index (χ2n) is 8.00. The molecule has 0 aromatic heterocycles. The highest BCUT2D eigenvalue weighted by molar-refractivity contribution is 7.90. The number of benzene rings is 1. The Balaban J connectivity index is 1.48. The Morgan fingerprint density at radius 2 is 1.91 bits per heavy atom. The smallest absolute Gasteiger partial charge is 0.486 e. The van der Waals surface area contributed by atoms with Crippen molar-refractivity contribution in [3.05, 3.63) is 23.8 Å². The van der Waals surface area contributed by atoms with E-state index in [-0.39, 0.29) is 24.3 Å². The van der Waals surface area contributed by atoms with Crippen LogP contribution in [0.5, 0.6) is 11.5 Å². The number of ether oxygens (including phenoxy) is 3. The Morgan fingerprint density at radius 1 is 1.18 bits per heavy atom. The van der Waals surface area contributed by atoms with Crippen LogP contribution in [0.4, 0.5) is 22.0 Å². The first-order valence-electron chi connectivity index (χ1n) is 10.1. The molecule has 0 aliphatic carbocycles. The molecule has 8 nitrogen and oxygen atoms in total. The molecule has 4 rings (SSSR count). The van der Waals surface area contributed by atoms with Gasteiger partial charge >= 0.3 is 22.1 Å². The maximum absolute atomic E-state index is 12.9. The van der Waals surface area contributed by atoms with Crippen LogP contribution in [0.15, 0.2) is 23.4 Å². The van der Waals surface area contributed by atoms with E-state index in [0.29, 0.717) is 41.6 Å². The molecular weight excluding hydrogens is 479 g/mol. The molecule has 3 aliphatic rings. The summed E-state index contributed by atoms with van der Waals surface area (Å²) < 4.78 is 103. The Labute approximate surface area is 186 Å². The number of alkyl halides is 5. The summed E-state index contributed by atoms with van der Waals surface area (Å²) in [4.78, 5) is 5.54. The SMILES string of the molecule is O=S(=O)(N1CCC(Oc2cc(C3=NOC4(CCOC4)C3)ccc2OC(F)F)CC1)C(F)(F)F. The van der Waals surface area contributed by atoms with Crippen molar-refractivity contribution >= 4 is 15.7 Å². The van der Waals surface area contributed by atoms with Crippen molar-refractivity contribution in [2.75, 3.05) is 26.3 Å². The van der Waals surface area contributed by atoms with Crippen LogP contribution in [-0.2, 0) is 19.6 Å². The van der Waals surface area contributed by atoms with Gasteiger partial charge in [-0.15, -0.1) is 0 Å². The summed E-state index contributed by atoms with van der Waals surface area (Å²) in [7, 11) is -5.43. The van der Waals surface area contributed by atoms with Crippen LogP contribution in [0, 0.1) is 0 Å². The largest absolute Gasteiger partial charge is 0.511 e. The fourth-order valence-corrected chi connectivity index (χ4v) is 4.95. The minimum absolute atomic E-state index is 0.0451. The normalized spacial score (nSPS) is 24.8. The third-order valence-electron chi connectivity index (χ3n) is 5.73. The fraction of sp³-hybridized carbons (Fsp3) is 0.632. The maximum atomic E-state index is 12.9. The molecule has 14 heteroatoms. The summed E-state index contributed by atoms with van der Waals surface area (Å²) in [6.07, 6.45) is 0.303. The van der Waals surface area contributed by atoms with Crippen LogP contribution in [0.3, 0.4) is 0 Å². The predicted octanol–water partition coefficient (Wildman–Crippen LogP) is 3.26. The second-order valence-corrected chi connectivity index (χ2v) is 9.93. The van der Waals surface area contributed by atoms with E-state index >= 15 is 0 Å². The van der Waals surface area contributed by atoms with Gasteiger partial charge in [-0.25, -0.2) is 8.42 Å². The molecule has 0 bridgehead atoms. The van der Waals surface area contributed by atoms with Gasteiger partial charge in [0.1, 0.15) is 6.10 Å². The predicted molar refractivity (Wildman–Crippen MR) is 104 cm³/mol. The molecule has 3 heterocycles. The molecule has 0 saturated carbocycles. The summed E-state index contributed by atoms with van der Waals surface area (Å²) in [5.41, 5.74) is -4.82. The Bertz CT molecular complexity index is 1000. The van der Waals surface area contributed by atoms with E-state index in [2.05, 4.69) is 9.89 Å². The van der Waals surface area contributed by atoms with Gasteiger partial charge in [0.25, 0.3) is 0 Å². The number of piperidine rings is 1. The summed E-state index contributed by atoms with van der Waals surface area (Å²) >= 11 is 0. The molecule has 1 atom stereocenters. The van der Waals surface area contributed by atoms with Crippen molar-refractivity contribution in [1.82, 2.24) is 4.31 Å². The third kappa shape index (κ3) is 5.01. The first-order valence-corrected chi connectivity index (χ1v) is 11.6. The van der Waals surface area contributed by atoms with Crippen LogP contribution in [0.1, 0.15) is 31.2 Å². The Hall–Kier alpha value is -2.19. The lowest BCUT2D eigenvalue weighted by atomic mass is 9.93. The Kier molecular flexibility index (Phi) is 6.44. The van der Waals surface area contributed by atoms with Crippen molar-refractivity contribution in [2.24, 2.45) is 5.16 Å². The lowest BCUT2D eigenvalue weighted by Crippen LogP contribution is -2.46. The highest BCUT2D eigenvalue weighted by Gasteiger charge is 2.50. The minimum Gasteiger partial charge on any atom is -0.486 e. The molecule has 33 heavy (non-hydrogen) atoms. The van der Waals surface area contributed by atoms with Crippen LogP contribution >= 0.6 is 0 Å². The Morgan fingerprint density at radius 3 is 2.52 bits per heavy atom. The van der Waals surface area contributed by atoms with Gasteiger partial charge in [0, 0.05) is 31.5 Å². The zero-order valence-corrected chi connectivity index (χ0v) is 18.0. The van der Waals surface area contributed by atoms with Gasteiger partial charge in [-0.2, -0.15) is 26.3 Å². The van der Waals surface area contributed by atoms with Crippen molar-refractivity contribution in [2.45, 2.75) is 49.5 Å². The summed E-state index contributed by atoms with van der Waals surface area (Å²) in [5.74, 6) is -0.297. The number of sulfonamides is 1. The number of nitrogens with zero attached hydrogens (tertiary/aromatic N) is 2.